The summed E-state index contributed by atoms with van der Waals surface area (Å²) < 4.78 is 10.9. The fraction of sp³-hybridized carbons (Fsp3) is 0.944. The molecule has 1 amide bonds. The minimum Gasteiger partial charge on any atom is -0.385 e. The number of carbonyl (C=O) groups is 1. The van der Waals surface area contributed by atoms with Crippen molar-refractivity contribution in [1.82, 2.24) is 10.2 Å². The number of likely N-dealkylation sites (tertiary alicyclic amines) is 1. The zero-order valence-electron chi connectivity index (χ0n) is 14.5. The molecule has 1 N–H and O–H groups in total. The summed E-state index contributed by atoms with van der Waals surface area (Å²) >= 11 is 0. The van der Waals surface area contributed by atoms with Crippen LogP contribution in [0.1, 0.15) is 51.4 Å². The average Bonchev–Trinajstić information content (AvgIpc) is 2.91. The van der Waals surface area contributed by atoms with Crippen molar-refractivity contribution in [2.45, 2.75) is 69.6 Å². The number of methoxy groups -OCH3 is 1. The van der Waals surface area contributed by atoms with Crippen LogP contribution in [0, 0.1) is 5.92 Å². The molecule has 0 spiro atoms. The Bertz CT molecular complexity index is 370. The maximum Gasteiger partial charge on any atom is 0.222 e. The number of ether oxygens (including phenoxy) is 2. The van der Waals surface area contributed by atoms with E-state index in [-0.39, 0.29) is 0 Å². The van der Waals surface area contributed by atoms with E-state index in [1.54, 1.807) is 7.11 Å². The van der Waals surface area contributed by atoms with E-state index in [9.17, 15) is 4.79 Å². The van der Waals surface area contributed by atoms with Crippen molar-refractivity contribution >= 4 is 5.91 Å². The van der Waals surface area contributed by atoms with E-state index in [2.05, 4.69) is 10.2 Å². The van der Waals surface area contributed by atoms with Gasteiger partial charge in [-0.3, -0.25) is 4.79 Å². The summed E-state index contributed by atoms with van der Waals surface area (Å²) in [5.74, 6) is 0.971. The van der Waals surface area contributed by atoms with Gasteiger partial charge in [0.1, 0.15) is 0 Å². The number of fused-ring (bicyclic) bond motifs is 2. The summed E-state index contributed by atoms with van der Waals surface area (Å²) in [7, 11) is 1.72. The molecule has 3 aliphatic rings. The maximum atomic E-state index is 12.6. The van der Waals surface area contributed by atoms with Gasteiger partial charge in [0, 0.05) is 51.9 Å². The van der Waals surface area contributed by atoms with Gasteiger partial charge in [-0.25, -0.2) is 0 Å². The number of amides is 1. The molecule has 0 saturated carbocycles. The highest BCUT2D eigenvalue weighted by Gasteiger charge is 2.35. The molecule has 3 heterocycles. The molecule has 5 heteroatoms. The van der Waals surface area contributed by atoms with Gasteiger partial charge in [-0.05, 0) is 50.9 Å². The van der Waals surface area contributed by atoms with E-state index in [1.165, 1.54) is 25.7 Å². The first-order valence-electron chi connectivity index (χ1n) is 9.39. The molecule has 0 aliphatic carbocycles. The van der Waals surface area contributed by atoms with Crippen LogP contribution in [0.5, 0.6) is 0 Å². The molecule has 3 aliphatic heterocycles. The molecule has 2 atom stereocenters. The normalized spacial score (nSPS) is 31.5. The average molecular weight is 324 g/mol. The summed E-state index contributed by atoms with van der Waals surface area (Å²) in [6.07, 6.45) is 9.00. The lowest BCUT2D eigenvalue weighted by Crippen LogP contribution is -2.43. The van der Waals surface area contributed by atoms with E-state index < -0.39 is 0 Å². The van der Waals surface area contributed by atoms with Crippen LogP contribution in [0.3, 0.4) is 0 Å². The second kappa shape index (κ2) is 8.45. The van der Waals surface area contributed by atoms with Crippen molar-refractivity contribution in [3.05, 3.63) is 0 Å². The minimum atomic E-state index is 0.325. The third-order valence-electron chi connectivity index (χ3n) is 5.68. The van der Waals surface area contributed by atoms with Crippen LogP contribution in [0.4, 0.5) is 0 Å². The van der Waals surface area contributed by atoms with Crippen LogP contribution in [-0.2, 0) is 14.3 Å². The first-order chi connectivity index (χ1) is 11.2. The number of nitrogens with zero attached hydrogens (tertiary/aromatic N) is 1. The van der Waals surface area contributed by atoms with Crippen LogP contribution in [0.15, 0.2) is 0 Å². The second-order valence-electron chi connectivity index (χ2n) is 7.48. The summed E-state index contributed by atoms with van der Waals surface area (Å²) in [4.78, 5) is 14.6. The van der Waals surface area contributed by atoms with Gasteiger partial charge < -0.3 is 19.7 Å². The Morgan fingerprint density at radius 1 is 1.09 bits per heavy atom. The third-order valence-corrected chi connectivity index (χ3v) is 5.68. The number of hydrogen-bond acceptors (Lipinski definition) is 4. The Balaban J connectivity index is 1.33. The van der Waals surface area contributed by atoms with Crippen LogP contribution in [0.25, 0.3) is 0 Å². The lowest BCUT2D eigenvalue weighted by molar-refractivity contribution is -0.135. The van der Waals surface area contributed by atoms with Gasteiger partial charge in [0.25, 0.3) is 0 Å². The smallest absolute Gasteiger partial charge is 0.222 e. The van der Waals surface area contributed by atoms with Gasteiger partial charge in [-0.1, -0.05) is 0 Å². The summed E-state index contributed by atoms with van der Waals surface area (Å²) in [6.45, 7) is 3.26. The van der Waals surface area contributed by atoms with E-state index in [1.807, 2.05) is 0 Å². The number of carbonyl (C=O) groups excluding carboxylic acids is 1. The fourth-order valence-corrected chi connectivity index (χ4v) is 4.44. The third kappa shape index (κ3) is 4.91. The van der Waals surface area contributed by atoms with E-state index in [0.717, 1.165) is 52.0 Å². The molecule has 2 bridgehead atoms. The van der Waals surface area contributed by atoms with Crippen molar-refractivity contribution in [2.24, 2.45) is 5.92 Å². The van der Waals surface area contributed by atoms with Gasteiger partial charge in [0.2, 0.25) is 5.91 Å². The Morgan fingerprint density at radius 2 is 1.78 bits per heavy atom. The van der Waals surface area contributed by atoms with Crippen molar-refractivity contribution in [3.63, 3.8) is 0 Å². The molecule has 3 fully saturated rings. The van der Waals surface area contributed by atoms with Crippen LogP contribution in [0.2, 0.25) is 0 Å². The lowest BCUT2D eigenvalue weighted by atomic mass is 9.89. The molecule has 3 saturated heterocycles. The molecular weight excluding hydrogens is 292 g/mol. The molecule has 3 rings (SSSR count). The minimum absolute atomic E-state index is 0.325. The number of nitrogens with one attached hydrogen (secondary N) is 1. The Hall–Kier alpha value is -0.650. The van der Waals surface area contributed by atoms with Crippen molar-refractivity contribution in [3.8, 4) is 0 Å². The van der Waals surface area contributed by atoms with Gasteiger partial charge >= 0.3 is 0 Å². The summed E-state index contributed by atoms with van der Waals surface area (Å²) in [5.41, 5.74) is 0. The van der Waals surface area contributed by atoms with Crippen molar-refractivity contribution in [1.29, 1.82) is 0 Å². The second-order valence-corrected chi connectivity index (χ2v) is 7.48. The number of rotatable bonds is 7. The standard InChI is InChI=1S/C18H32N2O3/c1-22-9-2-10-23-17-5-7-20(8-6-17)18(21)13-14-11-15-3-4-16(12-14)19-15/h14-17,19H,2-13H2,1H3. The van der Waals surface area contributed by atoms with Gasteiger partial charge in [0.15, 0.2) is 0 Å². The quantitative estimate of drug-likeness (QED) is 0.727. The topological polar surface area (TPSA) is 50.8 Å². The Morgan fingerprint density at radius 3 is 2.43 bits per heavy atom. The van der Waals surface area contributed by atoms with E-state index in [0.29, 0.717) is 30.0 Å². The Kier molecular flexibility index (Phi) is 6.31. The van der Waals surface area contributed by atoms with E-state index >= 15 is 0 Å². The number of hydrogen-bond donors (Lipinski definition) is 1. The fourth-order valence-electron chi connectivity index (χ4n) is 4.44. The molecule has 2 unspecified atom stereocenters. The first-order valence-corrected chi connectivity index (χ1v) is 9.39. The molecule has 132 valence electrons. The zero-order chi connectivity index (χ0) is 16.1. The lowest BCUT2D eigenvalue weighted by Gasteiger charge is -2.34. The predicted molar refractivity (Wildman–Crippen MR) is 89.3 cm³/mol. The largest absolute Gasteiger partial charge is 0.385 e. The highest BCUT2D eigenvalue weighted by atomic mass is 16.5. The van der Waals surface area contributed by atoms with Gasteiger partial charge in [-0.15, -0.1) is 0 Å². The molecular formula is C18H32N2O3. The highest BCUT2D eigenvalue weighted by Crippen LogP contribution is 2.33. The monoisotopic (exact) mass is 324 g/mol. The predicted octanol–water partition coefficient (Wildman–Crippen LogP) is 1.95. The van der Waals surface area contributed by atoms with Crippen LogP contribution in [-0.4, -0.2) is 62.4 Å². The number of piperidine rings is 2. The van der Waals surface area contributed by atoms with E-state index in [4.69, 9.17) is 9.47 Å². The summed E-state index contributed by atoms with van der Waals surface area (Å²) in [5, 5.41) is 3.66. The zero-order valence-corrected chi connectivity index (χ0v) is 14.5. The molecule has 5 nitrogen and oxygen atoms in total. The molecule has 0 radical (unpaired) electrons. The van der Waals surface area contributed by atoms with Crippen molar-refractivity contribution < 1.29 is 14.3 Å². The van der Waals surface area contributed by atoms with Gasteiger partial charge in [-0.2, -0.15) is 0 Å². The van der Waals surface area contributed by atoms with Crippen molar-refractivity contribution in [2.75, 3.05) is 33.4 Å². The van der Waals surface area contributed by atoms with Crippen LogP contribution < -0.4 is 5.32 Å². The van der Waals surface area contributed by atoms with Crippen LogP contribution >= 0.6 is 0 Å². The molecule has 0 aromatic heterocycles. The molecule has 0 aromatic rings. The Labute approximate surface area is 140 Å². The molecule has 0 aromatic carbocycles. The molecule has 23 heavy (non-hydrogen) atoms. The first kappa shape index (κ1) is 17.2. The summed E-state index contributed by atoms with van der Waals surface area (Å²) in [6, 6.07) is 1.36. The maximum absolute atomic E-state index is 12.6. The SMILES string of the molecule is COCCCOC1CCN(C(=O)CC2CC3CCC(C2)N3)CC1. The van der Waals surface area contributed by atoms with Gasteiger partial charge in [0.05, 0.1) is 6.10 Å². The highest BCUT2D eigenvalue weighted by molar-refractivity contribution is 5.76.